The molecule has 0 heterocycles. The van der Waals surface area contributed by atoms with Gasteiger partial charge in [-0.25, -0.2) is 0 Å². The van der Waals surface area contributed by atoms with E-state index in [1.165, 1.54) is 0 Å². The first-order chi connectivity index (χ1) is 9.96. The number of halogens is 6. The minimum Gasteiger partial charge on any atom is -0.279 e. The van der Waals surface area contributed by atoms with Crippen molar-refractivity contribution in [3.05, 3.63) is 39.5 Å². The van der Waals surface area contributed by atoms with Crippen LogP contribution >= 0.6 is 0 Å². The molecule has 26 heavy (non-hydrogen) atoms. The molecule has 2 N–H and O–H groups in total. The number of hydrogen-bond acceptors (Lipinski definition) is 4. The summed E-state index contributed by atoms with van der Waals surface area (Å²) in [5.74, 6) is 1.83. The Hall–Kier alpha value is 0.725. The quantitative estimate of drug-likeness (QED) is 0.186. The molecular formula is C10H16F6O6Pd2S2. The fourth-order valence-corrected chi connectivity index (χ4v) is 0. The summed E-state index contributed by atoms with van der Waals surface area (Å²) in [5.41, 5.74) is -11.1. The van der Waals surface area contributed by atoms with E-state index < -0.39 is 31.3 Å². The molecule has 0 spiro atoms. The monoisotopic (exact) mass is 622 g/mol. The van der Waals surface area contributed by atoms with Crippen molar-refractivity contribution < 1.29 is 93.1 Å². The number of rotatable bonds is 0. The van der Waals surface area contributed by atoms with E-state index in [9.17, 15) is 26.3 Å². The summed E-state index contributed by atoms with van der Waals surface area (Å²) in [6.07, 6.45) is 0. The van der Waals surface area contributed by atoms with Gasteiger partial charge in [0.15, 0.2) is 0 Å². The van der Waals surface area contributed by atoms with Crippen LogP contribution in [0.4, 0.5) is 26.3 Å². The molecule has 0 aliphatic carbocycles. The minimum atomic E-state index is -5.84. The fraction of sp³-hybridized carbons (Fsp3) is 0.400. The van der Waals surface area contributed by atoms with Crippen molar-refractivity contribution >= 4 is 20.2 Å². The first-order valence-electron chi connectivity index (χ1n) is 4.99. The molecule has 0 aromatic heterocycles. The van der Waals surface area contributed by atoms with Gasteiger partial charge in [-0.3, -0.25) is 9.11 Å². The predicted octanol–water partition coefficient (Wildman–Crippen LogP) is 3.28. The number of alkyl halides is 6. The Morgan fingerprint density at radius 1 is 0.654 bits per heavy atom. The topological polar surface area (TPSA) is 109 Å². The molecule has 6 radical (unpaired) electrons. The van der Waals surface area contributed by atoms with Gasteiger partial charge in [0.05, 0.1) is 0 Å². The fourth-order valence-electron chi connectivity index (χ4n) is 0. The third-order valence-electron chi connectivity index (χ3n) is 0.585. The Morgan fingerprint density at radius 2 is 0.692 bits per heavy atom. The predicted molar refractivity (Wildman–Crippen MR) is 74.5 cm³/mol. The molecule has 6 nitrogen and oxygen atoms in total. The molecule has 0 bridgehead atoms. The molecule has 166 valence electrons. The third-order valence-corrected chi connectivity index (χ3v) is 1.75. The molecule has 0 saturated carbocycles. The van der Waals surface area contributed by atoms with Crippen molar-refractivity contribution in [2.24, 2.45) is 0 Å². The first kappa shape index (κ1) is 41.2. The standard InChI is InChI=1S/2C4H7.2CHF3O3S.2Pd/c2*1-4(2)3;2*2-1(3,4)8(5,6)7;;/h2*1-2H2,3H3;2*(H,5,6,7);;. The summed E-state index contributed by atoms with van der Waals surface area (Å²) in [6.45, 7) is 17.5. The van der Waals surface area contributed by atoms with Gasteiger partial charge in [0.1, 0.15) is 0 Å². The molecule has 0 aromatic carbocycles. The van der Waals surface area contributed by atoms with Crippen LogP contribution in [-0.4, -0.2) is 37.0 Å². The maximum Gasteiger partial charge on any atom is 0.522 e. The third kappa shape index (κ3) is 39.7. The van der Waals surface area contributed by atoms with Crippen molar-refractivity contribution in [2.45, 2.75) is 24.9 Å². The van der Waals surface area contributed by atoms with Gasteiger partial charge in [-0.1, -0.05) is 13.8 Å². The van der Waals surface area contributed by atoms with Crippen LogP contribution in [0.15, 0.2) is 0 Å². The summed E-state index contributed by atoms with van der Waals surface area (Å²) >= 11 is 0. The summed E-state index contributed by atoms with van der Waals surface area (Å²) in [7, 11) is -11.7. The van der Waals surface area contributed by atoms with E-state index >= 15 is 0 Å². The van der Waals surface area contributed by atoms with E-state index in [1.54, 1.807) is 0 Å². The van der Waals surface area contributed by atoms with Crippen LogP contribution in [-0.2, 0) is 61.1 Å². The molecule has 0 aromatic rings. The zero-order valence-electron chi connectivity index (χ0n) is 13.1. The van der Waals surface area contributed by atoms with Crippen LogP contribution in [0.2, 0.25) is 0 Å². The summed E-state index contributed by atoms with van der Waals surface area (Å²) < 4.78 is 115. The molecule has 0 unspecified atom stereocenters. The van der Waals surface area contributed by atoms with Crippen LogP contribution in [0.25, 0.3) is 0 Å². The maximum atomic E-state index is 10.7. The molecule has 16 heteroatoms. The Kier molecular flexibility index (Phi) is 26.4. The summed E-state index contributed by atoms with van der Waals surface area (Å²) in [4.78, 5) is 0. The molecule has 0 rings (SSSR count). The second-order valence-corrected chi connectivity index (χ2v) is 6.58. The van der Waals surface area contributed by atoms with E-state index in [0.29, 0.717) is 0 Å². The average molecular weight is 623 g/mol. The van der Waals surface area contributed by atoms with Crippen molar-refractivity contribution in [3.8, 4) is 0 Å². The van der Waals surface area contributed by atoms with E-state index in [2.05, 4.69) is 27.7 Å². The van der Waals surface area contributed by atoms with Crippen LogP contribution in [0.1, 0.15) is 13.8 Å². The second kappa shape index (κ2) is 16.7. The van der Waals surface area contributed by atoms with Crippen LogP contribution in [0, 0.1) is 39.5 Å². The molecule has 0 aliphatic rings. The molecule has 0 atom stereocenters. The van der Waals surface area contributed by atoms with Gasteiger partial charge in [0, 0.05) is 40.8 Å². The Bertz CT molecular complexity index is 462. The smallest absolute Gasteiger partial charge is 0.279 e. The van der Waals surface area contributed by atoms with E-state index in [-0.39, 0.29) is 40.8 Å². The van der Waals surface area contributed by atoms with Crippen molar-refractivity contribution in [3.63, 3.8) is 0 Å². The molecular weight excluding hydrogens is 607 g/mol. The SMILES string of the molecule is O=S(=O)(O)C(F)(F)F.O=S(=O)(O)C(F)(F)F.[CH2][C]([CH2])C.[CH2][C]([CH2])C.[Pd].[Pd]. The molecule has 0 aliphatic heterocycles. The second-order valence-electron chi connectivity index (χ2n) is 3.76. The summed E-state index contributed by atoms with van der Waals surface area (Å²) in [6, 6.07) is 0. The van der Waals surface area contributed by atoms with E-state index in [4.69, 9.17) is 25.9 Å². The first-order valence-corrected chi connectivity index (χ1v) is 7.87. The summed E-state index contributed by atoms with van der Waals surface area (Å²) in [5, 5.41) is 0. The van der Waals surface area contributed by atoms with Gasteiger partial charge in [-0.05, 0) is 39.5 Å². The molecule has 0 fully saturated rings. The van der Waals surface area contributed by atoms with Gasteiger partial charge in [0.2, 0.25) is 0 Å². The van der Waals surface area contributed by atoms with Crippen LogP contribution < -0.4 is 0 Å². The average Bonchev–Trinajstić information content (AvgIpc) is 2.08. The van der Waals surface area contributed by atoms with Crippen molar-refractivity contribution in [1.82, 2.24) is 0 Å². The van der Waals surface area contributed by atoms with Gasteiger partial charge in [-0.2, -0.15) is 43.2 Å². The van der Waals surface area contributed by atoms with Crippen LogP contribution in [0.5, 0.6) is 0 Å². The Balaban J connectivity index is -0.0000000525. The largest absolute Gasteiger partial charge is 0.522 e. The zero-order chi connectivity index (χ0) is 21.2. The number of hydrogen-bond donors (Lipinski definition) is 2. The normalized spacial score (nSPS) is 11.4. The maximum absolute atomic E-state index is 10.7. The Labute approximate surface area is 177 Å². The Morgan fingerprint density at radius 3 is 0.692 bits per heavy atom. The van der Waals surface area contributed by atoms with E-state index in [0.717, 1.165) is 11.8 Å². The van der Waals surface area contributed by atoms with Crippen molar-refractivity contribution in [2.75, 3.05) is 0 Å². The minimum absolute atomic E-state index is 0. The van der Waals surface area contributed by atoms with Gasteiger partial charge in [0.25, 0.3) is 0 Å². The zero-order valence-corrected chi connectivity index (χ0v) is 17.8. The van der Waals surface area contributed by atoms with Gasteiger partial charge >= 0.3 is 31.3 Å². The van der Waals surface area contributed by atoms with Crippen LogP contribution in [0.3, 0.4) is 0 Å². The van der Waals surface area contributed by atoms with E-state index in [1.807, 2.05) is 13.8 Å². The van der Waals surface area contributed by atoms with Gasteiger partial charge in [-0.15, -0.1) is 0 Å². The van der Waals surface area contributed by atoms with Crippen molar-refractivity contribution in [1.29, 1.82) is 0 Å². The van der Waals surface area contributed by atoms with Gasteiger partial charge < -0.3 is 0 Å². The molecule has 0 saturated heterocycles. The molecule has 0 amide bonds.